The number of fused-ring (bicyclic) bond motifs is 1. The highest BCUT2D eigenvalue weighted by Gasteiger charge is 2.05. The molecule has 0 saturated heterocycles. The molecule has 2 aromatic carbocycles. The van der Waals surface area contributed by atoms with Gasteiger partial charge in [0.05, 0.1) is 0 Å². The molecule has 1 N–H and O–H groups in total. The van der Waals surface area contributed by atoms with Gasteiger partial charge in [-0.1, -0.05) is 52.3 Å². The number of aryl methyl sites for hydroxylation is 2. The molecule has 0 aliphatic heterocycles. The molecule has 1 aromatic heterocycles. The molecule has 0 aliphatic rings. The third kappa shape index (κ3) is 5.69. The Bertz CT molecular complexity index is 779. The van der Waals surface area contributed by atoms with Crippen molar-refractivity contribution in [2.45, 2.75) is 13.8 Å². The summed E-state index contributed by atoms with van der Waals surface area (Å²) in [5, 5.41) is 7.27. The highest BCUT2D eigenvalue weighted by Crippen LogP contribution is 2.31. The van der Waals surface area contributed by atoms with Gasteiger partial charge < -0.3 is 5.32 Å². The largest absolute Gasteiger partial charge is 0.388 e. The molecule has 1 heterocycles. The fourth-order valence-electron chi connectivity index (χ4n) is 2.11. The van der Waals surface area contributed by atoms with Crippen LogP contribution in [0.3, 0.4) is 0 Å². The summed E-state index contributed by atoms with van der Waals surface area (Å²) in [5.74, 6) is 2.19. The second kappa shape index (κ2) is 10.0. The van der Waals surface area contributed by atoms with Crippen LogP contribution in [0.5, 0.6) is 0 Å². The second-order valence-electron chi connectivity index (χ2n) is 4.76. The van der Waals surface area contributed by atoms with Crippen LogP contribution in [0.15, 0.2) is 52.7 Å². The van der Waals surface area contributed by atoms with Crippen molar-refractivity contribution in [1.29, 1.82) is 0 Å². The Balaban J connectivity index is 0.000000244. The van der Waals surface area contributed by atoms with Crippen molar-refractivity contribution in [3.8, 4) is 0 Å². The summed E-state index contributed by atoms with van der Waals surface area (Å²) >= 11 is 3.57. The van der Waals surface area contributed by atoms with Gasteiger partial charge in [0.25, 0.3) is 0 Å². The number of hydrogen-bond acceptors (Lipinski definition) is 3. The molecule has 3 aromatic rings. The zero-order valence-electron chi connectivity index (χ0n) is 13.3. The van der Waals surface area contributed by atoms with Crippen molar-refractivity contribution in [2.24, 2.45) is 0 Å². The zero-order chi connectivity index (χ0) is 17.2. The number of benzene rings is 2. The normalized spacial score (nSPS) is 9.39. The maximum Gasteiger partial charge on any atom is 0.373 e. The van der Waals surface area contributed by atoms with Crippen molar-refractivity contribution in [3.05, 3.63) is 63.6 Å². The van der Waals surface area contributed by atoms with Crippen LogP contribution in [0.4, 0.5) is 5.69 Å². The molecule has 5 heteroatoms. The second-order valence-corrected chi connectivity index (χ2v) is 7.03. The topological polar surface area (TPSA) is 46.2 Å². The average molecular weight is 392 g/mol. The summed E-state index contributed by atoms with van der Waals surface area (Å²) in [6.45, 7) is 4.28. The molecule has 0 spiro atoms. The number of hydrogen-bond donors (Lipinski definition) is 1. The highest BCUT2D eigenvalue weighted by atomic mass is 79.9. The number of carbonyl (C=O) groups excluding carboxylic acids is 2. The fourth-order valence-corrected chi connectivity index (χ4v) is 3.20. The van der Waals surface area contributed by atoms with Crippen molar-refractivity contribution < 1.29 is 9.59 Å². The van der Waals surface area contributed by atoms with Crippen LogP contribution < -0.4 is 5.32 Å². The van der Waals surface area contributed by atoms with Crippen LogP contribution in [0.2, 0.25) is 0 Å². The van der Waals surface area contributed by atoms with Crippen molar-refractivity contribution in [3.63, 3.8) is 0 Å². The monoisotopic (exact) mass is 391 g/mol. The van der Waals surface area contributed by atoms with E-state index in [9.17, 15) is 0 Å². The molecule has 0 saturated carbocycles. The van der Waals surface area contributed by atoms with E-state index in [2.05, 4.69) is 83.4 Å². The quantitative estimate of drug-likeness (QED) is 0.604. The van der Waals surface area contributed by atoms with Gasteiger partial charge in [0.15, 0.2) is 0 Å². The Labute approximate surface area is 146 Å². The minimum Gasteiger partial charge on any atom is -0.388 e. The van der Waals surface area contributed by atoms with E-state index in [1.54, 1.807) is 0 Å². The third-order valence-corrected chi connectivity index (χ3v) is 5.08. The van der Waals surface area contributed by atoms with Crippen molar-refractivity contribution >= 4 is 46.7 Å². The zero-order valence-corrected chi connectivity index (χ0v) is 15.9. The molecular formula is C18H19BrNO2P. The maximum atomic E-state index is 8.12. The molecule has 0 fully saturated rings. The molecule has 0 radical (unpaired) electrons. The Hall–Kier alpha value is -1.86. The Morgan fingerprint density at radius 1 is 1.04 bits per heavy atom. The first kappa shape index (κ1) is 19.2. The summed E-state index contributed by atoms with van der Waals surface area (Å²) < 4.78 is 1.15. The number of halogens is 1. The van der Waals surface area contributed by atoms with Crippen LogP contribution in [0.1, 0.15) is 10.9 Å². The number of nitrogens with one attached hydrogen (secondary N) is 1. The van der Waals surface area contributed by atoms with E-state index in [-0.39, 0.29) is 6.15 Å². The first-order chi connectivity index (χ1) is 11.0. The molecule has 0 amide bonds. The first-order valence-corrected chi connectivity index (χ1v) is 8.87. The lowest BCUT2D eigenvalue weighted by Crippen LogP contribution is -1.91. The minimum atomic E-state index is 0.250. The molecule has 1 atom stereocenters. The highest BCUT2D eigenvalue weighted by molar-refractivity contribution is 9.10. The van der Waals surface area contributed by atoms with Crippen LogP contribution in [0, 0.1) is 13.8 Å². The van der Waals surface area contributed by atoms with Crippen LogP contribution in [-0.2, 0) is 9.59 Å². The predicted molar refractivity (Wildman–Crippen MR) is 102 cm³/mol. The van der Waals surface area contributed by atoms with Crippen LogP contribution in [-0.4, -0.2) is 13.2 Å². The SMILES string of the molecule is CNc1cc(Br)c(C)c2ccccc12.Cc1ccc[pH]1.O=C=O. The first-order valence-electron chi connectivity index (χ1n) is 7.00. The van der Waals surface area contributed by atoms with Gasteiger partial charge in [0.2, 0.25) is 0 Å². The molecule has 120 valence electrons. The van der Waals surface area contributed by atoms with E-state index in [0.717, 1.165) is 18.4 Å². The molecule has 1 unspecified atom stereocenters. The lowest BCUT2D eigenvalue weighted by Gasteiger charge is -2.10. The van der Waals surface area contributed by atoms with Gasteiger partial charge in [-0.2, -0.15) is 9.59 Å². The summed E-state index contributed by atoms with van der Waals surface area (Å²) in [7, 11) is 2.91. The van der Waals surface area contributed by atoms with E-state index >= 15 is 0 Å². The number of rotatable bonds is 1. The molecule has 0 aliphatic carbocycles. The Morgan fingerprint density at radius 3 is 2.09 bits per heavy atom. The standard InChI is InChI=1S/C12H12BrN.C5H7P.CO2/c1-8-9-5-3-4-6-10(9)12(14-2)7-11(8)13;1-5-3-2-4-6-5;2-1-3/h3-7,14H,1-2H3;2-4,6H,1H3;. The smallest absolute Gasteiger partial charge is 0.373 e. The van der Waals surface area contributed by atoms with Gasteiger partial charge in [0.1, 0.15) is 0 Å². The van der Waals surface area contributed by atoms with E-state index in [1.165, 1.54) is 21.6 Å². The molecule has 23 heavy (non-hydrogen) atoms. The van der Waals surface area contributed by atoms with E-state index in [0.29, 0.717) is 0 Å². The van der Waals surface area contributed by atoms with Crippen LogP contribution in [0.25, 0.3) is 10.8 Å². The molecule has 3 nitrogen and oxygen atoms in total. The Kier molecular flexibility index (Phi) is 8.36. The summed E-state index contributed by atoms with van der Waals surface area (Å²) in [4.78, 5) is 16.2. The van der Waals surface area contributed by atoms with Gasteiger partial charge in [-0.3, -0.25) is 0 Å². The van der Waals surface area contributed by atoms with Crippen LogP contribution >= 0.6 is 24.1 Å². The van der Waals surface area contributed by atoms with Crippen molar-refractivity contribution in [1.82, 2.24) is 0 Å². The van der Waals surface area contributed by atoms with E-state index in [4.69, 9.17) is 9.59 Å². The fraction of sp³-hybridized carbons (Fsp3) is 0.167. The van der Waals surface area contributed by atoms with E-state index < -0.39 is 0 Å². The van der Waals surface area contributed by atoms with Gasteiger partial charge >= 0.3 is 6.15 Å². The number of anilines is 1. The van der Waals surface area contributed by atoms with Gasteiger partial charge in [-0.25, -0.2) is 0 Å². The van der Waals surface area contributed by atoms with Crippen molar-refractivity contribution in [2.75, 3.05) is 12.4 Å². The summed E-state index contributed by atoms with van der Waals surface area (Å²) in [5.41, 5.74) is 2.46. The molecule has 0 bridgehead atoms. The lowest BCUT2D eigenvalue weighted by atomic mass is 10.0. The lowest BCUT2D eigenvalue weighted by molar-refractivity contribution is -0.191. The predicted octanol–water partition coefficient (Wildman–Crippen LogP) is 5.40. The third-order valence-electron chi connectivity index (χ3n) is 3.27. The maximum absolute atomic E-state index is 8.12. The average Bonchev–Trinajstić information content (AvgIpc) is 3.03. The summed E-state index contributed by atoms with van der Waals surface area (Å²) in [6.07, 6.45) is 0.250. The van der Waals surface area contributed by atoms with E-state index in [1.807, 2.05) is 7.05 Å². The van der Waals surface area contributed by atoms with Gasteiger partial charge in [-0.15, -0.1) is 8.19 Å². The molecular weight excluding hydrogens is 373 g/mol. The Morgan fingerprint density at radius 2 is 1.65 bits per heavy atom. The van der Waals surface area contributed by atoms with Gasteiger partial charge in [-0.05, 0) is 42.0 Å². The summed E-state index contributed by atoms with van der Waals surface area (Å²) in [6, 6.07) is 14.8. The molecule has 3 rings (SSSR count). The van der Waals surface area contributed by atoms with Gasteiger partial charge in [0, 0.05) is 22.6 Å². The minimum absolute atomic E-state index is 0.250.